The maximum atomic E-state index is 12.3. The van der Waals surface area contributed by atoms with Gasteiger partial charge in [-0.25, -0.2) is 9.37 Å². The van der Waals surface area contributed by atoms with E-state index in [0.717, 1.165) is 0 Å². The number of aromatic nitrogens is 2. The molecule has 0 saturated heterocycles. The molecule has 0 bridgehead atoms. The number of nitrogens with one attached hydrogen (secondary N) is 1. The first kappa shape index (κ1) is 12.9. The summed E-state index contributed by atoms with van der Waals surface area (Å²) in [5, 5.41) is 8.63. The lowest BCUT2D eigenvalue weighted by atomic mass is 9.97. The fourth-order valence-corrected chi connectivity index (χ4v) is 0.901. The zero-order chi connectivity index (χ0) is 9.90. The standard InChI is InChI=1S/C7H10FN3O2.ClH/c8-3-7(9,6(12)13)1-5-2-10-4-11-5;/h2,4H,1,3,9H2,(H,10,11)(H,12,13);1H/t7-;/m1./s1. The SMILES string of the molecule is Cl.N[C@@](CF)(Cc1cnc[nH]1)C(=O)O. The van der Waals surface area contributed by atoms with Crippen LogP contribution in [0.4, 0.5) is 4.39 Å². The second-order valence-electron chi connectivity index (χ2n) is 2.85. The van der Waals surface area contributed by atoms with Gasteiger partial charge in [0.05, 0.1) is 6.33 Å². The molecule has 0 unspecified atom stereocenters. The number of halogens is 2. The van der Waals surface area contributed by atoms with Crippen molar-refractivity contribution in [2.45, 2.75) is 12.0 Å². The molecule has 1 aromatic rings. The van der Waals surface area contributed by atoms with Crippen LogP contribution in [0.1, 0.15) is 5.69 Å². The Kier molecular flexibility index (Phi) is 4.52. The van der Waals surface area contributed by atoms with Gasteiger partial charge in [0.1, 0.15) is 12.2 Å². The number of carbonyl (C=O) groups is 1. The molecule has 7 heteroatoms. The third-order valence-electron chi connectivity index (χ3n) is 1.73. The highest BCUT2D eigenvalue weighted by molar-refractivity contribution is 5.85. The monoisotopic (exact) mass is 223 g/mol. The van der Waals surface area contributed by atoms with E-state index in [4.69, 9.17) is 10.8 Å². The Morgan fingerprint density at radius 3 is 2.79 bits per heavy atom. The van der Waals surface area contributed by atoms with Crippen LogP contribution in [0.15, 0.2) is 12.5 Å². The Morgan fingerprint density at radius 2 is 2.43 bits per heavy atom. The Balaban J connectivity index is 0.00000169. The third-order valence-corrected chi connectivity index (χ3v) is 1.73. The van der Waals surface area contributed by atoms with Crippen molar-refractivity contribution in [1.29, 1.82) is 0 Å². The summed E-state index contributed by atoms with van der Waals surface area (Å²) in [6, 6.07) is 0. The summed E-state index contributed by atoms with van der Waals surface area (Å²) in [6.45, 7) is -1.11. The molecule has 0 amide bonds. The van der Waals surface area contributed by atoms with Crippen LogP contribution < -0.4 is 5.73 Å². The van der Waals surface area contributed by atoms with Crippen molar-refractivity contribution in [2.75, 3.05) is 6.67 Å². The molecule has 0 aliphatic carbocycles. The van der Waals surface area contributed by atoms with Crippen molar-refractivity contribution in [3.63, 3.8) is 0 Å². The van der Waals surface area contributed by atoms with Crippen molar-refractivity contribution in [1.82, 2.24) is 9.97 Å². The highest BCUT2D eigenvalue weighted by Gasteiger charge is 2.34. The van der Waals surface area contributed by atoms with E-state index < -0.39 is 18.2 Å². The molecule has 5 nitrogen and oxygen atoms in total. The average Bonchev–Trinajstić information content (AvgIpc) is 2.56. The number of hydrogen-bond donors (Lipinski definition) is 3. The minimum atomic E-state index is -1.85. The number of H-pyrrole nitrogens is 1. The summed E-state index contributed by atoms with van der Waals surface area (Å²) < 4.78 is 12.3. The highest BCUT2D eigenvalue weighted by atomic mass is 35.5. The van der Waals surface area contributed by atoms with Crippen LogP contribution >= 0.6 is 12.4 Å². The summed E-state index contributed by atoms with van der Waals surface area (Å²) in [4.78, 5) is 16.9. The predicted molar refractivity (Wildman–Crippen MR) is 50.1 cm³/mol. The number of hydrogen-bond acceptors (Lipinski definition) is 3. The number of carboxylic acid groups (broad SMARTS) is 1. The van der Waals surface area contributed by atoms with E-state index in [0.29, 0.717) is 5.69 Å². The van der Waals surface area contributed by atoms with E-state index in [1.54, 1.807) is 0 Å². The van der Waals surface area contributed by atoms with Gasteiger partial charge in [0.2, 0.25) is 0 Å². The zero-order valence-electron chi connectivity index (χ0n) is 7.24. The van der Waals surface area contributed by atoms with Crippen molar-refractivity contribution in [3.8, 4) is 0 Å². The van der Waals surface area contributed by atoms with E-state index in [9.17, 15) is 9.18 Å². The van der Waals surface area contributed by atoms with Gasteiger partial charge in [0.25, 0.3) is 0 Å². The topological polar surface area (TPSA) is 92.0 Å². The van der Waals surface area contributed by atoms with E-state index in [2.05, 4.69) is 9.97 Å². The molecule has 0 aromatic carbocycles. The third kappa shape index (κ3) is 2.68. The quantitative estimate of drug-likeness (QED) is 0.676. The second-order valence-corrected chi connectivity index (χ2v) is 2.85. The van der Waals surface area contributed by atoms with Crippen LogP contribution in [-0.2, 0) is 11.2 Å². The Hall–Kier alpha value is -1.14. The summed E-state index contributed by atoms with van der Waals surface area (Å²) in [5.41, 5.74) is 3.96. The fraction of sp³-hybridized carbons (Fsp3) is 0.429. The number of rotatable bonds is 4. The van der Waals surface area contributed by atoms with Crippen molar-refractivity contribution >= 4 is 18.4 Å². The molecule has 0 radical (unpaired) electrons. The number of alkyl halides is 1. The molecule has 0 aliphatic heterocycles. The number of aromatic amines is 1. The highest BCUT2D eigenvalue weighted by Crippen LogP contribution is 2.09. The molecule has 4 N–H and O–H groups in total. The molecule has 0 aliphatic rings. The summed E-state index contributed by atoms with van der Waals surface area (Å²) >= 11 is 0. The van der Waals surface area contributed by atoms with Crippen LogP contribution in [-0.4, -0.2) is 33.3 Å². The van der Waals surface area contributed by atoms with Gasteiger partial charge in [-0.05, 0) is 0 Å². The summed E-state index contributed by atoms with van der Waals surface area (Å²) in [7, 11) is 0. The molecule has 80 valence electrons. The molecule has 0 spiro atoms. The zero-order valence-corrected chi connectivity index (χ0v) is 8.05. The summed E-state index contributed by atoms with van der Waals surface area (Å²) in [6.07, 6.45) is 2.70. The number of aliphatic carboxylic acids is 1. The van der Waals surface area contributed by atoms with Gasteiger partial charge in [-0.1, -0.05) is 0 Å². The number of imidazole rings is 1. The van der Waals surface area contributed by atoms with Gasteiger partial charge < -0.3 is 15.8 Å². The van der Waals surface area contributed by atoms with Gasteiger partial charge in [0, 0.05) is 18.3 Å². The van der Waals surface area contributed by atoms with Crippen LogP contribution in [0.2, 0.25) is 0 Å². The lowest BCUT2D eigenvalue weighted by Crippen LogP contribution is -2.52. The maximum absolute atomic E-state index is 12.3. The predicted octanol–water partition coefficient (Wildman–Crippen LogP) is 0.126. The maximum Gasteiger partial charge on any atom is 0.326 e. The van der Waals surface area contributed by atoms with Crippen LogP contribution in [0.3, 0.4) is 0 Å². The molecule has 14 heavy (non-hydrogen) atoms. The van der Waals surface area contributed by atoms with Gasteiger partial charge in [-0.3, -0.25) is 4.79 Å². The fourth-order valence-electron chi connectivity index (χ4n) is 0.901. The first-order chi connectivity index (χ1) is 6.08. The lowest BCUT2D eigenvalue weighted by Gasteiger charge is -2.19. The van der Waals surface area contributed by atoms with E-state index >= 15 is 0 Å². The van der Waals surface area contributed by atoms with Crippen LogP contribution in [0, 0.1) is 0 Å². The minimum Gasteiger partial charge on any atom is -0.480 e. The first-order valence-corrected chi connectivity index (χ1v) is 3.64. The first-order valence-electron chi connectivity index (χ1n) is 3.64. The van der Waals surface area contributed by atoms with Crippen molar-refractivity contribution in [3.05, 3.63) is 18.2 Å². The molecular weight excluding hydrogens is 213 g/mol. The molecule has 1 atom stereocenters. The van der Waals surface area contributed by atoms with E-state index in [-0.39, 0.29) is 18.8 Å². The lowest BCUT2D eigenvalue weighted by molar-refractivity contribution is -0.144. The Labute approximate surface area is 85.9 Å². The van der Waals surface area contributed by atoms with Crippen molar-refractivity contribution < 1.29 is 14.3 Å². The molecular formula is C7H11ClFN3O2. The Morgan fingerprint density at radius 1 is 1.79 bits per heavy atom. The number of nitrogens with zero attached hydrogens (tertiary/aromatic N) is 1. The summed E-state index contributed by atoms with van der Waals surface area (Å²) in [5.74, 6) is -1.36. The molecule has 1 rings (SSSR count). The average molecular weight is 224 g/mol. The smallest absolute Gasteiger partial charge is 0.326 e. The molecule has 0 saturated carbocycles. The Bertz CT molecular complexity index is 293. The molecule has 1 heterocycles. The second kappa shape index (κ2) is 4.92. The largest absolute Gasteiger partial charge is 0.480 e. The normalized spacial score (nSPS) is 14.1. The van der Waals surface area contributed by atoms with Crippen molar-refractivity contribution in [2.24, 2.45) is 5.73 Å². The van der Waals surface area contributed by atoms with Gasteiger partial charge in [0.15, 0.2) is 0 Å². The molecule has 0 fully saturated rings. The van der Waals surface area contributed by atoms with E-state index in [1.165, 1.54) is 12.5 Å². The minimum absolute atomic E-state index is 0. The number of carboxylic acids is 1. The van der Waals surface area contributed by atoms with Gasteiger partial charge in [-0.2, -0.15) is 0 Å². The van der Waals surface area contributed by atoms with Gasteiger partial charge in [-0.15, -0.1) is 12.4 Å². The van der Waals surface area contributed by atoms with Crippen LogP contribution in [0.25, 0.3) is 0 Å². The van der Waals surface area contributed by atoms with Gasteiger partial charge >= 0.3 is 5.97 Å². The van der Waals surface area contributed by atoms with E-state index in [1.807, 2.05) is 0 Å². The number of nitrogens with two attached hydrogens (primary N) is 1. The van der Waals surface area contributed by atoms with Crippen LogP contribution in [0.5, 0.6) is 0 Å². The molecule has 1 aromatic heterocycles.